The zero-order chi connectivity index (χ0) is 22.5. The first-order valence-electron chi connectivity index (χ1n) is 9.73. The van der Waals surface area contributed by atoms with Crippen molar-refractivity contribution < 1.29 is 31.2 Å². The SMILES string of the molecule is CCCNC(=O)[C@@H](C)NC(=O)C1CCN(S(=O)(=O)c2ccccc2C(F)(F)F)CC1. The number of hydrogen-bond acceptors (Lipinski definition) is 4. The number of hydrogen-bond donors (Lipinski definition) is 2. The average molecular weight is 449 g/mol. The summed E-state index contributed by atoms with van der Waals surface area (Å²) in [5.74, 6) is -1.20. The van der Waals surface area contributed by atoms with Gasteiger partial charge < -0.3 is 10.6 Å². The Labute approximate surface area is 174 Å². The summed E-state index contributed by atoms with van der Waals surface area (Å²) in [6.07, 6.45) is -3.72. The third-order valence-electron chi connectivity index (χ3n) is 4.94. The summed E-state index contributed by atoms with van der Waals surface area (Å²) in [7, 11) is -4.35. The zero-order valence-corrected chi connectivity index (χ0v) is 17.6. The lowest BCUT2D eigenvalue weighted by Crippen LogP contribution is -2.49. The van der Waals surface area contributed by atoms with Crippen LogP contribution < -0.4 is 10.6 Å². The van der Waals surface area contributed by atoms with Crippen LogP contribution in [0.2, 0.25) is 0 Å². The molecule has 1 saturated heterocycles. The highest BCUT2D eigenvalue weighted by molar-refractivity contribution is 7.89. The van der Waals surface area contributed by atoms with Gasteiger partial charge in [0.15, 0.2) is 0 Å². The molecule has 2 N–H and O–H groups in total. The molecule has 0 unspecified atom stereocenters. The maximum absolute atomic E-state index is 13.2. The molecular weight excluding hydrogens is 423 g/mol. The molecule has 0 radical (unpaired) electrons. The summed E-state index contributed by atoms with van der Waals surface area (Å²) >= 11 is 0. The molecule has 1 heterocycles. The van der Waals surface area contributed by atoms with E-state index >= 15 is 0 Å². The molecule has 11 heteroatoms. The van der Waals surface area contributed by atoms with Gasteiger partial charge in [0.2, 0.25) is 21.8 Å². The number of alkyl halides is 3. The number of piperidine rings is 1. The second-order valence-electron chi connectivity index (χ2n) is 7.19. The molecule has 1 atom stereocenters. The molecule has 1 aromatic carbocycles. The Bertz CT molecular complexity index is 866. The van der Waals surface area contributed by atoms with Crippen LogP contribution in [0.25, 0.3) is 0 Å². The molecule has 1 fully saturated rings. The van der Waals surface area contributed by atoms with E-state index in [2.05, 4.69) is 10.6 Å². The van der Waals surface area contributed by atoms with Crippen molar-refractivity contribution in [3.05, 3.63) is 29.8 Å². The number of sulfonamides is 1. The molecule has 1 aliphatic rings. The zero-order valence-electron chi connectivity index (χ0n) is 16.8. The molecule has 2 rings (SSSR count). The maximum atomic E-state index is 13.2. The Morgan fingerprint density at radius 3 is 2.37 bits per heavy atom. The van der Waals surface area contributed by atoms with Crippen LogP contribution in [-0.4, -0.2) is 50.2 Å². The number of carbonyl (C=O) groups excluding carboxylic acids is 2. The standard InChI is InChI=1S/C19H26F3N3O4S/c1-3-10-23-17(26)13(2)24-18(27)14-8-11-25(12-9-14)30(28,29)16-7-5-4-6-15(16)19(20,21)22/h4-7,13-14H,3,8-12H2,1-2H3,(H,23,26)(H,24,27)/t13-/m1/s1. The minimum absolute atomic E-state index is 0.0803. The first kappa shape index (κ1) is 24.1. The van der Waals surface area contributed by atoms with Crippen molar-refractivity contribution >= 4 is 21.8 Å². The van der Waals surface area contributed by atoms with Gasteiger partial charge in [-0.2, -0.15) is 17.5 Å². The molecule has 1 aliphatic heterocycles. The number of benzene rings is 1. The summed E-state index contributed by atoms with van der Waals surface area (Å²) < 4.78 is 66.1. The number of nitrogens with zero attached hydrogens (tertiary/aromatic N) is 1. The van der Waals surface area contributed by atoms with Gasteiger partial charge >= 0.3 is 6.18 Å². The molecule has 168 valence electrons. The Balaban J connectivity index is 2.02. The van der Waals surface area contributed by atoms with Crippen LogP contribution >= 0.6 is 0 Å². The number of nitrogens with one attached hydrogen (secondary N) is 2. The van der Waals surface area contributed by atoms with E-state index in [1.165, 1.54) is 6.07 Å². The lowest BCUT2D eigenvalue weighted by molar-refractivity contribution is -0.140. The fraction of sp³-hybridized carbons (Fsp3) is 0.579. The van der Waals surface area contributed by atoms with Crippen molar-refractivity contribution in [2.45, 2.75) is 50.2 Å². The van der Waals surface area contributed by atoms with E-state index in [9.17, 15) is 31.2 Å². The second-order valence-corrected chi connectivity index (χ2v) is 9.10. The van der Waals surface area contributed by atoms with Gasteiger partial charge in [-0.05, 0) is 38.3 Å². The van der Waals surface area contributed by atoms with Gasteiger partial charge in [-0.3, -0.25) is 9.59 Å². The van der Waals surface area contributed by atoms with Gasteiger partial charge in [0, 0.05) is 25.6 Å². The average Bonchev–Trinajstić information content (AvgIpc) is 2.71. The molecule has 0 aromatic heterocycles. The number of rotatable bonds is 7. The highest BCUT2D eigenvalue weighted by Crippen LogP contribution is 2.36. The molecule has 0 aliphatic carbocycles. The first-order chi connectivity index (χ1) is 14.0. The highest BCUT2D eigenvalue weighted by atomic mass is 32.2. The van der Waals surface area contributed by atoms with Gasteiger partial charge in [0.05, 0.1) is 10.5 Å². The lowest BCUT2D eigenvalue weighted by Gasteiger charge is -2.31. The van der Waals surface area contributed by atoms with E-state index in [-0.39, 0.29) is 37.7 Å². The minimum atomic E-state index is -4.80. The summed E-state index contributed by atoms with van der Waals surface area (Å²) in [6.45, 7) is 3.79. The molecule has 0 bridgehead atoms. The largest absolute Gasteiger partial charge is 0.417 e. The van der Waals surface area contributed by atoms with Crippen LogP contribution in [0.4, 0.5) is 13.2 Å². The Morgan fingerprint density at radius 2 is 1.80 bits per heavy atom. The molecule has 30 heavy (non-hydrogen) atoms. The van der Waals surface area contributed by atoms with E-state index < -0.39 is 38.6 Å². The molecule has 0 spiro atoms. The van der Waals surface area contributed by atoms with Crippen molar-refractivity contribution in [3.8, 4) is 0 Å². The first-order valence-corrected chi connectivity index (χ1v) is 11.2. The fourth-order valence-corrected chi connectivity index (χ4v) is 4.90. The number of carbonyl (C=O) groups is 2. The van der Waals surface area contributed by atoms with Gasteiger partial charge in [-0.15, -0.1) is 0 Å². The van der Waals surface area contributed by atoms with E-state index in [1.807, 2.05) is 6.92 Å². The fourth-order valence-electron chi connectivity index (χ4n) is 3.22. The summed E-state index contributed by atoms with van der Waals surface area (Å²) in [6, 6.07) is 3.32. The molecule has 7 nitrogen and oxygen atoms in total. The van der Waals surface area contributed by atoms with E-state index in [0.29, 0.717) is 6.54 Å². The van der Waals surface area contributed by atoms with Crippen LogP contribution in [-0.2, 0) is 25.8 Å². The summed E-state index contributed by atoms with van der Waals surface area (Å²) in [5.41, 5.74) is -1.21. The number of amides is 2. The molecule has 1 aromatic rings. The Hall–Kier alpha value is -2.14. The van der Waals surface area contributed by atoms with Gasteiger partial charge in [-0.25, -0.2) is 8.42 Å². The molecule has 0 saturated carbocycles. The van der Waals surface area contributed by atoms with Crippen LogP contribution in [0.5, 0.6) is 0 Å². The van der Waals surface area contributed by atoms with Crippen LogP contribution in [0.3, 0.4) is 0 Å². The van der Waals surface area contributed by atoms with Gasteiger partial charge in [0.25, 0.3) is 0 Å². The Morgan fingerprint density at radius 1 is 1.20 bits per heavy atom. The third-order valence-corrected chi connectivity index (χ3v) is 6.89. The van der Waals surface area contributed by atoms with Crippen LogP contribution in [0, 0.1) is 5.92 Å². The summed E-state index contributed by atoms with van der Waals surface area (Å²) in [4.78, 5) is 23.5. The topological polar surface area (TPSA) is 95.6 Å². The summed E-state index contributed by atoms with van der Waals surface area (Å²) in [5, 5.41) is 5.27. The predicted octanol–water partition coefficient (Wildman–Crippen LogP) is 2.14. The van der Waals surface area contributed by atoms with Crippen molar-refractivity contribution in [3.63, 3.8) is 0 Å². The lowest BCUT2D eigenvalue weighted by atomic mass is 9.97. The van der Waals surface area contributed by atoms with Gasteiger partial charge in [-0.1, -0.05) is 19.1 Å². The smallest absolute Gasteiger partial charge is 0.354 e. The monoisotopic (exact) mass is 449 g/mol. The van der Waals surface area contributed by atoms with E-state index in [0.717, 1.165) is 28.9 Å². The highest BCUT2D eigenvalue weighted by Gasteiger charge is 2.40. The van der Waals surface area contributed by atoms with Gasteiger partial charge in [0.1, 0.15) is 6.04 Å². The minimum Gasteiger partial charge on any atom is -0.354 e. The van der Waals surface area contributed by atoms with Crippen molar-refractivity contribution in [2.24, 2.45) is 5.92 Å². The van der Waals surface area contributed by atoms with Crippen molar-refractivity contribution in [2.75, 3.05) is 19.6 Å². The molecule has 2 amide bonds. The Kier molecular flexibility index (Phi) is 7.87. The second kappa shape index (κ2) is 9.78. The van der Waals surface area contributed by atoms with Crippen LogP contribution in [0.15, 0.2) is 29.2 Å². The molecular formula is C19H26F3N3O4S. The maximum Gasteiger partial charge on any atom is 0.417 e. The van der Waals surface area contributed by atoms with Crippen LogP contribution in [0.1, 0.15) is 38.7 Å². The third kappa shape index (κ3) is 5.72. The number of halogens is 3. The van der Waals surface area contributed by atoms with Crippen molar-refractivity contribution in [1.29, 1.82) is 0 Å². The quantitative estimate of drug-likeness (QED) is 0.667. The predicted molar refractivity (Wildman–Crippen MR) is 104 cm³/mol. The van der Waals surface area contributed by atoms with Crippen molar-refractivity contribution in [1.82, 2.24) is 14.9 Å². The van der Waals surface area contributed by atoms with E-state index in [1.54, 1.807) is 6.92 Å². The van der Waals surface area contributed by atoms with E-state index in [4.69, 9.17) is 0 Å². The normalized spacial score (nSPS) is 17.4.